The molecule has 0 bridgehead atoms. The first-order valence-corrected chi connectivity index (χ1v) is 12.2. The molecule has 0 spiro atoms. The molecule has 8 heteroatoms. The average Bonchev–Trinajstić information content (AvgIpc) is 3.31. The van der Waals surface area contributed by atoms with Gasteiger partial charge in [-0.15, -0.1) is 11.3 Å². The standard InChI is InChI=1S/C26H26FN5OS/c1-16(33)19-3-2-4-21(15-19)30-26-29-14-11-22(31-26)24-23(17-5-7-20(27)8-6-17)32-25(34-24)18-9-12-28-13-10-18/h2-8,11,14-16,18,28,33H,9-10,12-13H2,1H3,(H,29,30,31). The summed E-state index contributed by atoms with van der Waals surface area (Å²) in [7, 11) is 0. The van der Waals surface area contributed by atoms with Gasteiger partial charge in [0.25, 0.3) is 0 Å². The Kier molecular flexibility index (Phi) is 6.62. The van der Waals surface area contributed by atoms with Crippen LogP contribution in [0.25, 0.3) is 21.8 Å². The predicted molar refractivity (Wildman–Crippen MR) is 134 cm³/mol. The van der Waals surface area contributed by atoms with Crippen LogP contribution in [0.15, 0.2) is 60.8 Å². The van der Waals surface area contributed by atoms with E-state index < -0.39 is 6.10 Å². The SMILES string of the molecule is CC(O)c1cccc(Nc2nccc(-c3sc(C4CCNCC4)nc3-c3ccc(F)cc3)n2)c1. The molecule has 1 aliphatic heterocycles. The highest BCUT2D eigenvalue weighted by atomic mass is 32.1. The average molecular weight is 476 g/mol. The van der Waals surface area contributed by atoms with Gasteiger partial charge in [0.1, 0.15) is 5.82 Å². The number of aromatic nitrogens is 3. The second kappa shape index (κ2) is 9.97. The zero-order chi connectivity index (χ0) is 23.5. The van der Waals surface area contributed by atoms with Crippen LogP contribution < -0.4 is 10.6 Å². The number of hydrogen-bond acceptors (Lipinski definition) is 7. The van der Waals surface area contributed by atoms with Gasteiger partial charge in [0, 0.05) is 23.4 Å². The summed E-state index contributed by atoms with van der Waals surface area (Å²) in [5.41, 5.74) is 4.06. The molecule has 2 aromatic heterocycles. The van der Waals surface area contributed by atoms with Crippen LogP contribution in [0.1, 0.15) is 42.4 Å². The number of nitrogens with zero attached hydrogens (tertiary/aromatic N) is 3. The summed E-state index contributed by atoms with van der Waals surface area (Å²) in [6.45, 7) is 3.70. The molecule has 174 valence electrons. The lowest BCUT2D eigenvalue weighted by Crippen LogP contribution is -2.26. The van der Waals surface area contributed by atoms with E-state index in [4.69, 9.17) is 9.97 Å². The number of hydrogen-bond donors (Lipinski definition) is 3. The highest BCUT2D eigenvalue weighted by molar-refractivity contribution is 7.15. The Labute approximate surface area is 202 Å². The summed E-state index contributed by atoms with van der Waals surface area (Å²) in [5, 5.41) is 17.6. The van der Waals surface area contributed by atoms with E-state index >= 15 is 0 Å². The van der Waals surface area contributed by atoms with Gasteiger partial charge >= 0.3 is 0 Å². The fourth-order valence-corrected chi connectivity index (χ4v) is 5.33. The Hall–Kier alpha value is -3.20. The fourth-order valence-electron chi connectivity index (χ4n) is 4.11. The minimum Gasteiger partial charge on any atom is -0.389 e. The van der Waals surface area contributed by atoms with Crippen molar-refractivity contribution >= 4 is 23.0 Å². The third-order valence-corrected chi connectivity index (χ3v) is 7.20. The summed E-state index contributed by atoms with van der Waals surface area (Å²) < 4.78 is 13.6. The van der Waals surface area contributed by atoms with Crippen molar-refractivity contribution in [2.24, 2.45) is 0 Å². The number of aliphatic hydroxyl groups is 1. The van der Waals surface area contributed by atoms with Crippen LogP contribution in [-0.4, -0.2) is 33.1 Å². The number of piperidine rings is 1. The van der Waals surface area contributed by atoms with Crippen molar-refractivity contribution < 1.29 is 9.50 Å². The highest BCUT2D eigenvalue weighted by Crippen LogP contribution is 2.40. The van der Waals surface area contributed by atoms with Gasteiger partial charge in [0.05, 0.1) is 27.4 Å². The van der Waals surface area contributed by atoms with Gasteiger partial charge in [-0.2, -0.15) is 0 Å². The van der Waals surface area contributed by atoms with E-state index in [1.807, 2.05) is 30.3 Å². The maximum absolute atomic E-state index is 13.6. The Morgan fingerprint density at radius 1 is 1.09 bits per heavy atom. The molecule has 4 aromatic rings. The van der Waals surface area contributed by atoms with Crippen LogP contribution in [0.4, 0.5) is 16.0 Å². The van der Waals surface area contributed by atoms with Gasteiger partial charge in [-0.05, 0) is 80.9 Å². The molecule has 5 rings (SSSR count). The van der Waals surface area contributed by atoms with E-state index in [-0.39, 0.29) is 5.82 Å². The zero-order valence-electron chi connectivity index (χ0n) is 18.8. The molecule has 1 fully saturated rings. The predicted octanol–water partition coefficient (Wildman–Crippen LogP) is 5.67. The van der Waals surface area contributed by atoms with Crippen molar-refractivity contribution in [2.45, 2.75) is 31.8 Å². The van der Waals surface area contributed by atoms with E-state index in [0.29, 0.717) is 11.9 Å². The quantitative estimate of drug-likeness (QED) is 0.333. The molecule has 1 aliphatic rings. The first-order chi connectivity index (χ1) is 16.6. The van der Waals surface area contributed by atoms with Crippen LogP contribution in [0, 0.1) is 5.82 Å². The molecule has 34 heavy (non-hydrogen) atoms. The van der Waals surface area contributed by atoms with E-state index in [0.717, 1.165) is 64.0 Å². The molecule has 0 radical (unpaired) electrons. The van der Waals surface area contributed by atoms with Crippen molar-refractivity contribution in [3.8, 4) is 21.8 Å². The molecule has 1 atom stereocenters. The Bertz CT molecular complexity index is 1270. The maximum atomic E-state index is 13.6. The molecule has 0 saturated carbocycles. The fraction of sp³-hybridized carbons (Fsp3) is 0.269. The summed E-state index contributed by atoms with van der Waals surface area (Å²) in [4.78, 5) is 15.1. The van der Waals surface area contributed by atoms with Gasteiger partial charge < -0.3 is 15.7 Å². The van der Waals surface area contributed by atoms with Gasteiger partial charge in [0.15, 0.2) is 0 Å². The molecular weight excluding hydrogens is 449 g/mol. The van der Waals surface area contributed by atoms with E-state index in [2.05, 4.69) is 15.6 Å². The van der Waals surface area contributed by atoms with E-state index in [9.17, 15) is 9.50 Å². The molecule has 0 amide bonds. The number of aliphatic hydroxyl groups excluding tert-OH is 1. The molecule has 1 saturated heterocycles. The summed E-state index contributed by atoms with van der Waals surface area (Å²) >= 11 is 1.66. The molecule has 1 unspecified atom stereocenters. The minimum absolute atomic E-state index is 0.271. The number of rotatable bonds is 6. The Morgan fingerprint density at radius 2 is 1.88 bits per heavy atom. The number of anilines is 2. The largest absolute Gasteiger partial charge is 0.389 e. The van der Waals surface area contributed by atoms with Crippen LogP contribution in [0.2, 0.25) is 0 Å². The normalized spacial score (nSPS) is 15.3. The highest BCUT2D eigenvalue weighted by Gasteiger charge is 2.23. The number of benzene rings is 2. The Balaban J connectivity index is 1.51. The molecule has 2 aromatic carbocycles. The monoisotopic (exact) mass is 475 g/mol. The second-order valence-electron chi connectivity index (χ2n) is 8.45. The van der Waals surface area contributed by atoms with Gasteiger partial charge in [0.2, 0.25) is 5.95 Å². The molecule has 6 nitrogen and oxygen atoms in total. The summed E-state index contributed by atoms with van der Waals surface area (Å²) in [6.07, 6.45) is 3.26. The zero-order valence-corrected chi connectivity index (χ0v) is 19.6. The lowest BCUT2D eigenvalue weighted by molar-refractivity contribution is 0.199. The maximum Gasteiger partial charge on any atom is 0.227 e. The molecule has 3 heterocycles. The van der Waals surface area contributed by atoms with Crippen molar-refractivity contribution in [3.05, 3.63) is 77.2 Å². The van der Waals surface area contributed by atoms with Crippen molar-refractivity contribution in [1.82, 2.24) is 20.3 Å². The van der Waals surface area contributed by atoms with E-state index in [1.54, 1.807) is 36.6 Å². The lowest BCUT2D eigenvalue weighted by Gasteiger charge is -2.20. The number of halogens is 1. The second-order valence-corrected chi connectivity index (χ2v) is 9.48. The molecule has 0 aliphatic carbocycles. The minimum atomic E-state index is -0.558. The van der Waals surface area contributed by atoms with E-state index in [1.165, 1.54) is 12.1 Å². The van der Waals surface area contributed by atoms with Gasteiger partial charge in [-0.3, -0.25) is 0 Å². The van der Waals surface area contributed by atoms with Crippen LogP contribution in [0.5, 0.6) is 0 Å². The van der Waals surface area contributed by atoms with Crippen molar-refractivity contribution in [1.29, 1.82) is 0 Å². The van der Waals surface area contributed by atoms with Crippen LogP contribution >= 0.6 is 11.3 Å². The molecule has 3 N–H and O–H groups in total. The van der Waals surface area contributed by atoms with Gasteiger partial charge in [-0.25, -0.2) is 19.3 Å². The number of thiazole rings is 1. The number of nitrogens with one attached hydrogen (secondary N) is 2. The van der Waals surface area contributed by atoms with Crippen molar-refractivity contribution in [3.63, 3.8) is 0 Å². The third kappa shape index (κ3) is 4.99. The third-order valence-electron chi connectivity index (χ3n) is 5.96. The first kappa shape index (κ1) is 22.6. The molecular formula is C26H26FN5OS. The topological polar surface area (TPSA) is 83.0 Å². The van der Waals surface area contributed by atoms with Crippen molar-refractivity contribution in [2.75, 3.05) is 18.4 Å². The van der Waals surface area contributed by atoms with Crippen LogP contribution in [-0.2, 0) is 0 Å². The summed E-state index contributed by atoms with van der Waals surface area (Å²) in [5.74, 6) is 0.594. The first-order valence-electron chi connectivity index (χ1n) is 11.4. The Morgan fingerprint density at radius 3 is 2.65 bits per heavy atom. The van der Waals surface area contributed by atoms with Crippen LogP contribution in [0.3, 0.4) is 0 Å². The summed E-state index contributed by atoms with van der Waals surface area (Å²) in [6, 6.07) is 15.9. The lowest BCUT2D eigenvalue weighted by atomic mass is 9.99. The smallest absolute Gasteiger partial charge is 0.227 e. The van der Waals surface area contributed by atoms with Gasteiger partial charge in [-0.1, -0.05) is 12.1 Å².